The lowest BCUT2D eigenvalue weighted by atomic mass is 10.2. The number of carbonyl (C=O) groups is 2. The van der Waals surface area contributed by atoms with Gasteiger partial charge in [-0.3, -0.25) is 9.59 Å². The van der Waals surface area contributed by atoms with Crippen LogP contribution in [-0.4, -0.2) is 29.2 Å². The van der Waals surface area contributed by atoms with Gasteiger partial charge in [-0.1, -0.05) is 24.3 Å². The molecule has 1 aliphatic heterocycles. The Morgan fingerprint density at radius 3 is 2.85 bits per heavy atom. The first-order valence-electron chi connectivity index (χ1n) is 8.23. The molecule has 0 aliphatic carbocycles. The third kappa shape index (κ3) is 3.59. The minimum atomic E-state index is -0.326. The molecule has 0 saturated carbocycles. The topological polar surface area (TPSA) is 59.5 Å². The lowest BCUT2D eigenvalue weighted by molar-refractivity contribution is -0.144. The maximum absolute atomic E-state index is 12.2. The van der Waals surface area contributed by atoms with Crippen LogP contribution in [0.4, 0.5) is 5.69 Å². The van der Waals surface area contributed by atoms with Crippen LogP contribution >= 0.6 is 23.1 Å². The fraction of sp³-hybridized carbons (Fsp3) is 0.211. The SMILES string of the molecule is O=C(CCN1C(=O)CSc2ccccc21)OCc1nc2ccccc2s1. The molecule has 1 aromatic heterocycles. The smallest absolute Gasteiger partial charge is 0.308 e. The number of nitrogens with zero attached hydrogens (tertiary/aromatic N) is 2. The van der Waals surface area contributed by atoms with E-state index in [0.717, 1.165) is 25.8 Å². The summed E-state index contributed by atoms with van der Waals surface area (Å²) in [6.45, 7) is 0.494. The van der Waals surface area contributed by atoms with Crippen molar-refractivity contribution in [1.29, 1.82) is 0 Å². The van der Waals surface area contributed by atoms with Crippen LogP contribution in [0.3, 0.4) is 0 Å². The van der Waals surface area contributed by atoms with E-state index in [9.17, 15) is 9.59 Å². The molecular formula is C19H16N2O3S2. The maximum atomic E-state index is 12.2. The summed E-state index contributed by atoms with van der Waals surface area (Å²) in [5.74, 6) is 0.0954. The average molecular weight is 384 g/mol. The highest BCUT2D eigenvalue weighted by Crippen LogP contribution is 2.34. The van der Waals surface area contributed by atoms with Gasteiger partial charge < -0.3 is 9.64 Å². The highest BCUT2D eigenvalue weighted by Gasteiger charge is 2.24. The molecule has 3 aromatic rings. The number of carbonyl (C=O) groups excluding carboxylic acids is 2. The zero-order valence-electron chi connectivity index (χ0n) is 13.9. The van der Waals surface area contributed by atoms with Crippen LogP contribution in [0, 0.1) is 0 Å². The van der Waals surface area contributed by atoms with Crippen LogP contribution in [0.5, 0.6) is 0 Å². The Morgan fingerprint density at radius 1 is 1.15 bits per heavy atom. The third-order valence-electron chi connectivity index (χ3n) is 4.04. The average Bonchev–Trinajstić information content (AvgIpc) is 3.08. The number of esters is 1. The summed E-state index contributed by atoms with van der Waals surface area (Å²) < 4.78 is 6.41. The summed E-state index contributed by atoms with van der Waals surface area (Å²) in [6, 6.07) is 15.6. The number of anilines is 1. The number of para-hydroxylation sites is 2. The molecule has 2 aromatic carbocycles. The molecule has 5 nitrogen and oxygen atoms in total. The summed E-state index contributed by atoms with van der Waals surface area (Å²) >= 11 is 3.05. The highest BCUT2D eigenvalue weighted by atomic mass is 32.2. The minimum absolute atomic E-state index is 0.0210. The molecule has 0 spiro atoms. The van der Waals surface area contributed by atoms with Crippen molar-refractivity contribution < 1.29 is 14.3 Å². The Hall–Kier alpha value is -2.38. The second kappa shape index (κ2) is 7.47. The molecule has 0 fully saturated rings. The summed E-state index contributed by atoms with van der Waals surface area (Å²) in [7, 11) is 0. The van der Waals surface area contributed by atoms with E-state index in [1.807, 2.05) is 48.5 Å². The van der Waals surface area contributed by atoms with E-state index in [0.29, 0.717) is 12.3 Å². The predicted octanol–water partition coefficient (Wildman–Crippen LogP) is 3.87. The number of thiazole rings is 1. The van der Waals surface area contributed by atoms with Crippen LogP contribution < -0.4 is 4.90 Å². The molecular weight excluding hydrogens is 368 g/mol. The molecule has 0 bridgehead atoms. The van der Waals surface area contributed by atoms with Crippen molar-refractivity contribution >= 4 is 50.9 Å². The quantitative estimate of drug-likeness (QED) is 0.625. The number of ether oxygens (including phenoxy) is 1. The van der Waals surface area contributed by atoms with E-state index in [-0.39, 0.29) is 24.9 Å². The van der Waals surface area contributed by atoms with Gasteiger partial charge in [0, 0.05) is 11.4 Å². The fourth-order valence-electron chi connectivity index (χ4n) is 2.80. The van der Waals surface area contributed by atoms with Gasteiger partial charge in [0.05, 0.1) is 28.1 Å². The van der Waals surface area contributed by atoms with Crippen LogP contribution in [0.2, 0.25) is 0 Å². The molecule has 4 rings (SSSR count). The van der Waals surface area contributed by atoms with Crippen LogP contribution in [0.1, 0.15) is 11.4 Å². The normalized spacial score (nSPS) is 13.7. The number of thioether (sulfide) groups is 1. The first-order chi connectivity index (χ1) is 12.7. The minimum Gasteiger partial charge on any atom is -0.458 e. The number of rotatable bonds is 5. The van der Waals surface area contributed by atoms with Gasteiger partial charge in [0.25, 0.3) is 0 Å². The Morgan fingerprint density at radius 2 is 1.96 bits per heavy atom. The van der Waals surface area contributed by atoms with E-state index < -0.39 is 0 Å². The van der Waals surface area contributed by atoms with Crippen molar-refractivity contribution in [3.05, 3.63) is 53.5 Å². The molecule has 0 unspecified atom stereocenters. The molecule has 1 amide bonds. The van der Waals surface area contributed by atoms with Gasteiger partial charge in [-0.2, -0.15) is 0 Å². The molecule has 0 saturated heterocycles. The number of hydrogen-bond acceptors (Lipinski definition) is 6. The van der Waals surface area contributed by atoms with E-state index in [1.54, 1.807) is 4.90 Å². The summed E-state index contributed by atoms with van der Waals surface area (Å²) in [5, 5.41) is 0.773. The molecule has 132 valence electrons. The number of benzene rings is 2. The van der Waals surface area contributed by atoms with Gasteiger partial charge in [0.15, 0.2) is 0 Å². The molecule has 0 radical (unpaired) electrons. The van der Waals surface area contributed by atoms with Crippen molar-refractivity contribution in [2.75, 3.05) is 17.2 Å². The van der Waals surface area contributed by atoms with Gasteiger partial charge >= 0.3 is 5.97 Å². The lowest BCUT2D eigenvalue weighted by Crippen LogP contribution is -2.37. The Kier molecular flexibility index (Phi) is 4.90. The maximum Gasteiger partial charge on any atom is 0.308 e. The van der Waals surface area contributed by atoms with E-state index in [1.165, 1.54) is 23.1 Å². The molecule has 7 heteroatoms. The second-order valence-corrected chi connectivity index (χ2v) is 7.92. The van der Waals surface area contributed by atoms with Crippen LogP contribution in [-0.2, 0) is 20.9 Å². The van der Waals surface area contributed by atoms with Crippen LogP contribution in [0.15, 0.2) is 53.4 Å². The van der Waals surface area contributed by atoms with Gasteiger partial charge in [0.1, 0.15) is 11.6 Å². The first kappa shape index (κ1) is 17.1. The zero-order chi connectivity index (χ0) is 17.9. The Bertz CT molecular complexity index is 937. The molecule has 1 aliphatic rings. The number of fused-ring (bicyclic) bond motifs is 2. The molecule has 0 atom stereocenters. The lowest BCUT2D eigenvalue weighted by Gasteiger charge is -2.28. The summed E-state index contributed by atoms with van der Waals surface area (Å²) in [4.78, 5) is 31.5. The zero-order valence-corrected chi connectivity index (χ0v) is 15.5. The highest BCUT2D eigenvalue weighted by molar-refractivity contribution is 8.00. The van der Waals surface area contributed by atoms with Gasteiger partial charge in [0.2, 0.25) is 5.91 Å². The van der Waals surface area contributed by atoms with Crippen molar-refractivity contribution in [2.24, 2.45) is 0 Å². The Labute approximate surface area is 159 Å². The monoisotopic (exact) mass is 384 g/mol. The second-order valence-electron chi connectivity index (χ2n) is 5.79. The standard InChI is InChI=1S/C19H16N2O3S2/c22-18-12-25-16-8-4-2-6-14(16)21(18)10-9-19(23)24-11-17-20-13-5-1-3-7-15(13)26-17/h1-8H,9-12H2. The van der Waals surface area contributed by atoms with E-state index in [4.69, 9.17) is 4.74 Å². The Balaban J connectivity index is 1.34. The van der Waals surface area contributed by atoms with Crippen LogP contribution in [0.25, 0.3) is 10.2 Å². The first-order valence-corrected chi connectivity index (χ1v) is 10.0. The molecule has 0 N–H and O–H groups in total. The number of amides is 1. The predicted molar refractivity (Wildman–Crippen MR) is 104 cm³/mol. The van der Waals surface area contributed by atoms with Crippen molar-refractivity contribution in [1.82, 2.24) is 4.98 Å². The van der Waals surface area contributed by atoms with Crippen molar-refractivity contribution in [3.8, 4) is 0 Å². The van der Waals surface area contributed by atoms with E-state index in [2.05, 4.69) is 4.98 Å². The summed E-state index contributed by atoms with van der Waals surface area (Å²) in [5.41, 5.74) is 1.78. The van der Waals surface area contributed by atoms with Crippen molar-refractivity contribution in [2.45, 2.75) is 17.9 Å². The van der Waals surface area contributed by atoms with E-state index >= 15 is 0 Å². The van der Waals surface area contributed by atoms with Gasteiger partial charge in [-0.15, -0.1) is 23.1 Å². The number of aromatic nitrogens is 1. The fourth-order valence-corrected chi connectivity index (χ4v) is 4.61. The van der Waals surface area contributed by atoms with Gasteiger partial charge in [-0.25, -0.2) is 4.98 Å². The molecule has 26 heavy (non-hydrogen) atoms. The largest absolute Gasteiger partial charge is 0.458 e. The van der Waals surface area contributed by atoms with Crippen molar-refractivity contribution in [3.63, 3.8) is 0 Å². The number of hydrogen-bond donors (Lipinski definition) is 0. The third-order valence-corrected chi connectivity index (χ3v) is 6.10. The van der Waals surface area contributed by atoms with Gasteiger partial charge in [-0.05, 0) is 24.3 Å². The molecule has 2 heterocycles. The summed E-state index contributed by atoms with van der Waals surface area (Å²) in [6.07, 6.45) is 0.162.